The first-order chi connectivity index (χ1) is 11.6. The predicted octanol–water partition coefficient (Wildman–Crippen LogP) is 1.46. The van der Waals surface area contributed by atoms with Gasteiger partial charge in [0.2, 0.25) is 11.8 Å². The number of aromatic amines is 1. The van der Waals surface area contributed by atoms with Gasteiger partial charge >= 0.3 is 0 Å². The summed E-state index contributed by atoms with van der Waals surface area (Å²) < 4.78 is 10.7. The van der Waals surface area contributed by atoms with Crippen LogP contribution in [0.5, 0.6) is 5.88 Å². The Morgan fingerprint density at radius 1 is 1.42 bits per heavy atom. The molecule has 1 aromatic heterocycles. The summed E-state index contributed by atoms with van der Waals surface area (Å²) in [6, 6.07) is 1.82. The van der Waals surface area contributed by atoms with Crippen molar-refractivity contribution in [3.63, 3.8) is 0 Å². The maximum atomic E-state index is 5.38. The summed E-state index contributed by atoms with van der Waals surface area (Å²) >= 11 is 0. The summed E-state index contributed by atoms with van der Waals surface area (Å²) in [6.45, 7) is 12.2. The first kappa shape index (κ1) is 18.2. The Bertz CT molecular complexity index is 609. The molecule has 0 aliphatic carbocycles. The van der Waals surface area contributed by atoms with E-state index in [9.17, 15) is 0 Å². The van der Waals surface area contributed by atoms with Crippen LogP contribution in [0.4, 0.5) is 5.95 Å². The number of aryl methyl sites for hydroxylation is 1. The van der Waals surface area contributed by atoms with E-state index in [1.165, 1.54) is 0 Å². The molecule has 1 aliphatic rings. The average molecular weight is 334 g/mol. The second-order valence-electron chi connectivity index (χ2n) is 5.72. The Labute approximate surface area is 142 Å². The van der Waals surface area contributed by atoms with Gasteiger partial charge in [0.05, 0.1) is 26.0 Å². The number of anilines is 1. The molecule has 1 fully saturated rings. The number of hydrogen-bond donors (Lipinski definition) is 2. The first-order valence-electron chi connectivity index (χ1n) is 7.97. The van der Waals surface area contributed by atoms with E-state index in [2.05, 4.69) is 37.0 Å². The number of nitrogens with one attached hydrogen (secondary N) is 2. The Morgan fingerprint density at radius 3 is 2.83 bits per heavy atom. The molecule has 0 radical (unpaired) electrons. The molecule has 0 saturated carbocycles. The molecule has 0 bridgehead atoms. The van der Waals surface area contributed by atoms with Crippen molar-refractivity contribution in [2.24, 2.45) is 0 Å². The van der Waals surface area contributed by atoms with Crippen molar-refractivity contribution >= 4 is 5.95 Å². The smallest absolute Gasteiger partial charge is 0.232 e. The zero-order chi connectivity index (χ0) is 17.4. The third kappa shape index (κ3) is 6.13. The highest BCUT2D eigenvalue weighted by molar-refractivity contribution is 5.24. The van der Waals surface area contributed by atoms with Crippen LogP contribution in [0.25, 0.3) is 0 Å². The molecule has 8 heteroatoms. The topological polar surface area (TPSA) is 88.2 Å². The lowest BCUT2D eigenvalue weighted by Gasteiger charge is -2.25. The summed E-state index contributed by atoms with van der Waals surface area (Å²) in [5, 5.41) is 10.2. The second kappa shape index (κ2) is 9.19. The molecule has 1 aromatic rings. The van der Waals surface area contributed by atoms with Crippen LogP contribution in [0.2, 0.25) is 0 Å². The number of H-pyrrole nitrogens is 1. The van der Waals surface area contributed by atoms with E-state index in [-0.39, 0.29) is 0 Å². The first-order valence-corrected chi connectivity index (χ1v) is 7.97. The van der Waals surface area contributed by atoms with Crippen LogP contribution >= 0.6 is 0 Å². The fraction of sp³-hybridized carbons (Fsp3) is 0.562. The van der Waals surface area contributed by atoms with E-state index in [4.69, 9.17) is 9.47 Å². The van der Waals surface area contributed by atoms with Crippen LogP contribution in [0.15, 0.2) is 18.2 Å². The third-order valence-corrected chi connectivity index (χ3v) is 3.40. The molecule has 1 aliphatic heterocycles. The zero-order valence-corrected chi connectivity index (χ0v) is 14.6. The Kier molecular flexibility index (Phi) is 6.95. The van der Waals surface area contributed by atoms with E-state index in [0.717, 1.165) is 37.6 Å². The lowest BCUT2D eigenvalue weighted by atomic mass is 10.3. The summed E-state index contributed by atoms with van der Waals surface area (Å²) in [5.74, 6) is 1.59. The second-order valence-corrected chi connectivity index (χ2v) is 5.72. The largest absolute Gasteiger partial charge is 0.480 e. The van der Waals surface area contributed by atoms with Crippen LogP contribution in [-0.4, -0.2) is 65.0 Å². The molecule has 2 N–H and O–H groups in total. The molecule has 0 atom stereocenters. The van der Waals surface area contributed by atoms with Gasteiger partial charge in [-0.25, -0.2) is 10.1 Å². The number of rotatable bonds is 6. The molecule has 8 nitrogen and oxygen atoms in total. The highest BCUT2D eigenvalue weighted by atomic mass is 16.5. The average Bonchev–Trinajstić information content (AvgIpc) is 2.63. The molecule has 0 amide bonds. The van der Waals surface area contributed by atoms with Crippen molar-refractivity contribution in [2.45, 2.75) is 20.4 Å². The van der Waals surface area contributed by atoms with Crippen molar-refractivity contribution < 1.29 is 9.47 Å². The molecule has 0 aromatic carbocycles. The quantitative estimate of drug-likeness (QED) is 0.761. The van der Waals surface area contributed by atoms with Crippen molar-refractivity contribution in [3.8, 4) is 5.88 Å². The van der Waals surface area contributed by atoms with Gasteiger partial charge in [0.1, 0.15) is 5.82 Å². The van der Waals surface area contributed by atoms with Crippen molar-refractivity contribution in [1.29, 1.82) is 0 Å². The number of aromatic nitrogens is 4. The molecule has 0 unspecified atom stereocenters. The van der Waals surface area contributed by atoms with Crippen molar-refractivity contribution in [3.05, 3.63) is 29.7 Å². The Morgan fingerprint density at radius 2 is 2.17 bits per heavy atom. The minimum atomic E-state index is 0.446. The maximum Gasteiger partial charge on any atom is 0.232 e. The summed E-state index contributed by atoms with van der Waals surface area (Å²) in [4.78, 5) is 11.3. The monoisotopic (exact) mass is 334 g/mol. The SMILES string of the molecule is C=C(C)CNc1nc(C)nc(CN2CCOCC2)cc(OC)n[nH]1. The van der Waals surface area contributed by atoms with Crippen molar-refractivity contribution in [1.82, 2.24) is 25.1 Å². The molecule has 2 rings (SSSR count). The van der Waals surface area contributed by atoms with Crippen LogP contribution in [0, 0.1) is 6.92 Å². The van der Waals surface area contributed by atoms with Crippen molar-refractivity contribution in [2.75, 3.05) is 45.3 Å². The van der Waals surface area contributed by atoms with Gasteiger partial charge in [-0.15, -0.1) is 5.10 Å². The van der Waals surface area contributed by atoms with E-state index in [1.807, 2.05) is 19.9 Å². The van der Waals surface area contributed by atoms with Gasteiger partial charge in [-0.3, -0.25) is 4.90 Å². The van der Waals surface area contributed by atoms with Gasteiger partial charge in [0.15, 0.2) is 0 Å². The molecule has 2 heterocycles. The molecular weight excluding hydrogens is 308 g/mol. The van der Waals surface area contributed by atoms with Gasteiger partial charge in [0, 0.05) is 32.2 Å². The molecule has 1 saturated heterocycles. The number of methoxy groups -OCH3 is 1. The van der Waals surface area contributed by atoms with Gasteiger partial charge < -0.3 is 14.8 Å². The number of hydrogen-bond acceptors (Lipinski definition) is 7. The lowest BCUT2D eigenvalue weighted by molar-refractivity contribution is 0.0336. The fourth-order valence-corrected chi connectivity index (χ4v) is 2.22. The van der Waals surface area contributed by atoms with Gasteiger partial charge in [-0.2, -0.15) is 4.98 Å². The number of ether oxygens (including phenoxy) is 2. The molecule has 132 valence electrons. The van der Waals surface area contributed by atoms with E-state index < -0.39 is 0 Å². The lowest BCUT2D eigenvalue weighted by Crippen LogP contribution is -2.35. The van der Waals surface area contributed by atoms with Gasteiger partial charge in [-0.05, 0) is 13.8 Å². The highest BCUT2D eigenvalue weighted by Crippen LogP contribution is 2.09. The summed E-state index contributed by atoms with van der Waals surface area (Å²) in [7, 11) is 1.58. The predicted molar refractivity (Wildman–Crippen MR) is 92.5 cm³/mol. The van der Waals surface area contributed by atoms with E-state index >= 15 is 0 Å². The fourth-order valence-electron chi connectivity index (χ4n) is 2.22. The molecule has 24 heavy (non-hydrogen) atoms. The zero-order valence-electron chi connectivity index (χ0n) is 14.6. The minimum absolute atomic E-state index is 0.446. The normalized spacial score (nSPS) is 14.8. The highest BCUT2D eigenvalue weighted by Gasteiger charge is 2.11. The van der Waals surface area contributed by atoms with Gasteiger partial charge in [0.25, 0.3) is 0 Å². The van der Waals surface area contributed by atoms with Gasteiger partial charge in [-0.1, -0.05) is 12.2 Å². The number of morpholine rings is 1. The van der Waals surface area contributed by atoms with Crippen LogP contribution in [0.3, 0.4) is 0 Å². The Hall–Kier alpha value is -2.19. The summed E-state index contributed by atoms with van der Waals surface area (Å²) in [5.41, 5.74) is 1.85. The maximum absolute atomic E-state index is 5.38. The number of nitrogens with zero attached hydrogens (tertiary/aromatic N) is 4. The van der Waals surface area contributed by atoms with E-state index in [1.54, 1.807) is 7.11 Å². The third-order valence-electron chi connectivity index (χ3n) is 3.40. The Balaban J connectivity index is 2.29. The summed E-state index contributed by atoms with van der Waals surface area (Å²) in [6.07, 6.45) is 0. The molecular formula is C16H26N6O2. The van der Waals surface area contributed by atoms with Crippen LogP contribution in [0.1, 0.15) is 18.4 Å². The van der Waals surface area contributed by atoms with Crippen LogP contribution in [-0.2, 0) is 11.3 Å². The minimum Gasteiger partial charge on any atom is -0.480 e. The standard InChI is InChI=1S/C16H26N6O2/c1-12(2)10-17-16-19-13(3)18-14(9-15(23-4)20-21-16)11-22-5-7-24-8-6-22/h9H,1,5-8,10-11H2,2-4H3,(H2,17,18,19,21). The molecule has 0 spiro atoms. The van der Waals surface area contributed by atoms with Crippen LogP contribution < -0.4 is 10.1 Å². The van der Waals surface area contributed by atoms with E-state index in [0.29, 0.717) is 30.7 Å².